The van der Waals surface area contributed by atoms with Crippen molar-refractivity contribution >= 4 is 57.1 Å². The number of benzene rings is 1. The van der Waals surface area contributed by atoms with Gasteiger partial charge in [0, 0.05) is 22.0 Å². The minimum absolute atomic E-state index is 0.0610. The van der Waals surface area contributed by atoms with E-state index in [0.29, 0.717) is 9.20 Å². The van der Waals surface area contributed by atoms with E-state index in [0.717, 1.165) is 53.5 Å². The number of amides is 3. The van der Waals surface area contributed by atoms with E-state index in [2.05, 4.69) is 26.6 Å². The topological polar surface area (TPSA) is 97.3 Å². The second-order valence-electron chi connectivity index (χ2n) is 9.51. The second kappa shape index (κ2) is 11.3. The molecule has 0 spiro atoms. The van der Waals surface area contributed by atoms with Crippen LogP contribution >= 0.6 is 27.3 Å². The molecule has 1 heterocycles. The summed E-state index contributed by atoms with van der Waals surface area (Å²) < 4.78 is 2.94. The molecule has 3 amide bonds. The minimum atomic E-state index is -0.636. The zero-order valence-electron chi connectivity index (χ0n) is 19.7. The number of aromatic nitrogens is 1. The molecule has 9 heteroatoms. The fraction of sp³-hybridized carbons (Fsp3) is 0.440. The number of carbonyl (C=O) groups is 3. The lowest BCUT2D eigenvalue weighted by molar-refractivity contribution is -0.121. The van der Waals surface area contributed by atoms with Crippen molar-refractivity contribution < 1.29 is 14.4 Å². The Bertz CT molecular complexity index is 1230. The number of hydrogen-bond donors (Lipinski definition) is 2. The van der Waals surface area contributed by atoms with Crippen molar-refractivity contribution in [2.45, 2.75) is 65.5 Å². The monoisotopic (exact) mass is 547 g/mol. The molecule has 0 unspecified atom stereocenters. The first-order valence-electron chi connectivity index (χ1n) is 11.4. The van der Waals surface area contributed by atoms with E-state index in [1.165, 1.54) is 10.6 Å². The van der Waals surface area contributed by atoms with E-state index in [1.54, 1.807) is 26.8 Å². The Hall–Kier alpha value is -2.52. The Morgan fingerprint density at radius 1 is 1.12 bits per heavy atom. The van der Waals surface area contributed by atoms with Crippen LogP contribution in [-0.2, 0) is 16.1 Å². The van der Waals surface area contributed by atoms with Crippen LogP contribution in [0.25, 0.3) is 12.2 Å². The average molecular weight is 549 g/mol. The largest absolute Gasteiger partial charge is 0.335 e. The molecule has 1 fully saturated rings. The maximum atomic E-state index is 13.2. The number of carbonyl (C=O) groups excluding carboxylic acids is 3. The van der Waals surface area contributed by atoms with Gasteiger partial charge in [-0.05, 0) is 36.6 Å². The van der Waals surface area contributed by atoms with Crippen LogP contribution in [0, 0.1) is 5.41 Å². The Labute approximate surface area is 211 Å². The predicted octanol–water partition coefficient (Wildman–Crippen LogP) is 3.06. The molecule has 1 aromatic heterocycles. The molecule has 182 valence electrons. The van der Waals surface area contributed by atoms with Crippen LogP contribution in [0.4, 0.5) is 4.79 Å². The molecule has 1 saturated carbocycles. The smallest absolute Gasteiger partial charge is 0.321 e. The number of ketones is 1. The van der Waals surface area contributed by atoms with Crippen molar-refractivity contribution in [1.82, 2.24) is 15.2 Å². The number of imide groups is 1. The van der Waals surface area contributed by atoms with Gasteiger partial charge >= 0.3 is 6.03 Å². The molecular weight excluding hydrogens is 518 g/mol. The van der Waals surface area contributed by atoms with Crippen LogP contribution in [0.3, 0.4) is 0 Å². The van der Waals surface area contributed by atoms with E-state index in [9.17, 15) is 19.2 Å². The van der Waals surface area contributed by atoms with Gasteiger partial charge in [-0.2, -0.15) is 0 Å². The normalized spacial score (nSPS) is 15.9. The van der Waals surface area contributed by atoms with Gasteiger partial charge < -0.3 is 5.32 Å². The summed E-state index contributed by atoms with van der Waals surface area (Å²) in [6.45, 7) is 5.02. The summed E-state index contributed by atoms with van der Waals surface area (Å²) in [4.78, 5) is 50.7. The van der Waals surface area contributed by atoms with Gasteiger partial charge in [0.05, 0.1) is 4.53 Å². The zero-order chi connectivity index (χ0) is 24.9. The van der Waals surface area contributed by atoms with Crippen LogP contribution in [0.15, 0.2) is 33.5 Å². The maximum Gasteiger partial charge on any atom is 0.321 e. The minimum Gasteiger partial charge on any atom is -0.335 e. The number of hydrogen-bond acceptors (Lipinski definition) is 5. The highest BCUT2D eigenvalue weighted by atomic mass is 79.9. The number of halogens is 1. The van der Waals surface area contributed by atoms with Crippen LogP contribution < -0.4 is 25.4 Å². The van der Waals surface area contributed by atoms with Crippen LogP contribution in [0.1, 0.15) is 58.4 Å². The molecule has 0 atom stereocenters. The third-order valence-electron chi connectivity index (χ3n) is 5.59. The number of nitrogens with one attached hydrogen (secondary N) is 2. The van der Waals surface area contributed by atoms with Crippen LogP contribution in [0.5, 0.6) is 0 Å². The number of rotatable bonds is 5. The molecule has 3 rings (SSSR count). The molecule has 1 aromatic carbocycles. The average Bonchev–Trinajstić information content (AvgIpc) is 3.04. The van der Waals surface area contributed by atoms with Gasteiger partial charge in [0.25, 0.3) is 5.56 Å². The lowest BCUT2D eigenvalue weighted by Crippen LogP contribution is -2.47. The molecule has 2 aromatic rings. The summed E-state index contributed by atoms with van der Waals surface area (Å²) >= 11 is 4.53. The highest BCUT2D eigenvalue weighted by Crippen LogP contribution is 2.17. The van der Waals surface area contributed by atoms with Gasteiger partial charge in [-0.3, -0.25) is 24.3 Å². The molecule has 0 aliphatic heterocycles. The number of nitrogens with zero attached hydrogens (tertiary/aromatic N) is 1. The highest BCUT2D eigenvalue weighted by molar-refractivity contribution is 9.10. The molecule has 0 radical (unpaired) electrons. The molecule has 0 bridgehead atoms. The lowest BCUT2D eigenvalue weighted by Gasteiger charge is -2.22. The molecule has 1 aliphatic carbocycles. The van der Waals surface area contributed by atoms with E-state index < -0.39 is 17.4 Å². The summed E-state index contributed by atoms with van der Waals surface area (Å²) in [6, 6.07) is 6.96. The number of Topliss-reactive ketones (excluding diaryl/α,β-unsaturated/α-hetero) is 1. The van der Waals surface area contributed by atoms with Gasteiger partial charge in [0.1, 0.15) is 11.2 Å². The Morgan fingerprint density at radius 3 is 2.38 bits per heavy atom. The van der Waals surface area contributed by atoms with Crippen molar-refractivity contribution in [2.24, 2.45) is 5.41 Å². The first kappa shape index (κ1) is 26.1. The number of urea groups is 1. The SMILES string of the molecule is CC(C)(C)C(=O)/C=c1\s/c(=C\c2ccc(Br)cc2)c(=O)n1CC(=O)NC(=O)NC1CCCCC1. The van der Waals surface area contributed by atoms with E-state index >= 15 is 0 Å². The molecule has 2 N–H and O–H groups in total. The summed E-state index contributed by atoms with van der Waals surface area (Å²) in [6.07, 6.45) is 8.20. The van der Waals surface area contributed by atoms with E-state index in [4.69, 9.17) is 0 Å². The molecular formula is C25H30BrN3O4S. The van der Waals surface area contributed by atoms with Gasteiger partial charge in [-0.15, -0.1) is 11.3 Å². The zero-order valence-corrected chi connectivity index (χ0v) is 22.1. The molecule has 34 heavy (non-hydrogen) atoms. The Balaban J connectivity index is 1.88. The first-order chi connectivity index (χ1) is 16.0. The summed E-state index contributed by atoms with van der Waals surface area (Å²) in [7, 11) is 0. The first-order valence-corrected chi connectivity index (χ1v) is 13.0. The van der Waals surface area contributed by atoms with Gasteiger partial charge in [-0.1, -0.05) is 68.1 Å². The summed E-state index contributed by atoms with van der Waals surface area (Å²) in [5, 5.41) is 5.15. The molecule has 1 aliphatic rings. The van der Waals surface area contributed by atoms with E-state index in [-0.39, 0.29) is 23.9 Å². The molecule has 0 saturated heterocycles. The predicted molar refractivity (Wildman–Crippen MR) is 138 cm³/mol. The highest BCUT2D eigenvalue weighted by Gasteiger charge is 2.21. The lowest BCUT2D eigenvalue weighted by atomic mass is 9.91. The summed E-state index contributed by atoms with van der Waals surface area (Å²) in [5.41, 5.74) is -0.204. The van der Waals surface area contributed by atoms with Crippen molar-refractivity contribution in [1.29, 1.82) is 0 Å². The van der Waals surface area contributed by atoms with Gasteiger partial charge in [-0.25, -0.2) is 4.79 Å². The standard InChI is InChI=1S/C25H30BrN3O4S/c1-25(2,3)20(30)14-22-29(15-21(31)28-24(33)27-18-7-5-4-6-8-18)23(32)19(34-22)13-16-9-11-17(26)12-10-16/h9-14,18H,4-8,15H2,1-3H3,(H2,27,28,31,33)/b19-13-,22-14-. The van der Waals surface area contributed by atoms with Gasteiger partial charge in [0.2, 0.25) is 5.91 Å². The summed E-state index contributed by atoms with van der Waals surface area (Å²) in [5.74, 6) is -0.769. The van der Waals surface area contributed by atoms with Crippen molar-refractivity contribution in [3.8, 4) is 0 Å². The van der Waals surface area contributed by atoms with Crippen LogP contribution in [-0.4, -0.2) is 28.3 Å². The van der Waals surface area contributed by atoms with Crippen molar-refractivity contribution in [2.75, 3.05) is 0 Å². The third kappa shape index (κ3) is 7.24. The number of thiazole rings is 1. The fourth-order valence-electron chi connectivity index (χ4n) is 3.61. The quantitative estimate of drug-likeness (QED) is 0.601. The fourth-order valence-corrected chi connectivity index (χ4v) is 4.92. The Kier molecular flexibility index (Phi) is 8.65. The molecule has 7 nitrogen and oxygen atoms in total. The third-order valence-corrected chi connectivity index (χ3v) is 7.18. The van der Waals surface area contributed by atoms with E-state index in [1.807, 2.05) is 24.3 Å². The Morgan fingerprint density at radius 2 is 1.76 bits per heavy atom. The van der Waals surface area contributed by atoms with Crippen LogP contribution in [0.2, 0.25) is 0 Å². The maximum absolute atomic E-state index is 13.2. The van der Waals surface area contributed by atoms with Crippen molar-refractivity contribution in [3.05, 3.63) is 53.9 Å². The second-order valence-corrected chi connectivity index (χ2v) is 11.5. The van der Waals surface area contributed by atoms with Gasteiger partial charge in [0.15, 0.2) is 5.78 Å². The van der Waals surface area contributed by atoms with Crippen molar-refractivity contribution in [3.63, 3.8) is 0 Å².